The molecule has 0 aromatic heterocycles. The zero-order valence-corrected chi connectivity index (χ0v) is 13.4. The Morgan fingerprint density at radius 3 is 2.36 bits per heavy atom. The number of rotatable bonds is 7. The molecule has 1 amide bonds. The molecule has 0 saturated heterocycles. The number of hydrogen-bond donors (Lipinski definition) is 0. The lowest BCUT2D eigenvalue weighted by Crippen LogP contribution is -2.39. The summed E-state index contributed by atoms with van der Waals surface area (Å²) in [5.74, 6) is 0.256. The van der Waals surface area contributed by atoms with E-state index in [4.69, 9.17) is 9.47 Å². The largest absolute Gasteiger partial charge is 0.497 e. The van der Waals surface area contributed by atoms with Gasteiger partial charge in [0.15, 0.2) is 0 Å². The molecule has 120 valence electrons. The van der Waals surface area contributed by atoms with Crippen molar-refractivity contribution in [3.8, 4) is 5.75 Å². The number of ether oxygens (including phenoxy) is 2. The highest BCUT2D eigenvalue weighted by Crippen LogP contribution is 2.28. The summed E-state index contributed by atoms with van der Waals surface area (Å²) < 4.78 is 9.86. The normalized spacial score (nSPS) is 15.0. The van der Waals surface area contributed by atoms with Crippen LogP contribution < -0.4 is 4.74 Å². The summed E-state index contributed by atoms with van der Waals surface area (Å²) in [5.41, 5.74) is 0.946. The first kappa shape index (κ1) is 16.3. The standard InChI is InChI=1S/C17H23NO4/c1-12(17(20)22-3)11-18(14-6-7-14)16(19)10-13-4-8-15(21-2)9-5-13/h4-5,8-9,12,14H,6-7,10-11H2,1-3H3. The second-order valence-electron chi connectivity index (χ2n) is 5.73. The van der Waals surface area contributed by atoms with E-state index in [2.05, 4.69) is 0 Å². The van der Waals surface area contributed by atoms with Crippen molar-refractivity contribution in [3.63, 3.8) is 0 Å². The summed E-state index contributed by atoms with van der Waals surface area (Å²) in [6.07, 6.45) is 2.37. The molecular formula is C17H23NO4. The van der Waals surface area contributed by atoms with Crippen LogP contribution in [0.25, 0.3) is 0 Å². The minimum atomic E-state index is -0.301. The molecule has 2 rings (SSSR count). The maximum Gasteiger partial charge on any atom is 0.310 e. The van der Waals surface area contributed by atoms with Crippen LogP contribution in [0.15, 0.2) is 24.3 Å². The number of amides is 1. The van der Waals surface area contributed by atoms with Gasteiger partial charge in [0.05, 0.1) is 26.6 Å². The molecule has 1 aromatic rings. The van der Waals surface area contributed by atoms with E-state index < -0.39 is 0 Å². The van der Waals surface area contributed by atoms with E-state index >= 15 is 0 Å². The van der Waals surface area contributed by atoms with Crippen LogP contribution in [0.5, 0.6) is 5.75 Å². The molecule has 5 nitrogen and oxygen atoms in total. The number of nitrogens with zero attached hydrogens (tertiary/aromatic N) is 1. The maximum atomic E-state index is 12.5. The van der Waals surface area contributed by atoms with Crippen LogP contribution in [-0.2, 0) is 20.7 Å². The Morgan fingerprint density at radius 2 is 1.86 bits per heavy atom. The molecular weight excluding hydrogens is 282 g/mol. The van der Waals surface area contributed by atoms with Crippen molar-refractivity contribution < 1.29 is 19.1 Å². The highest BCUT2D eigenvalue weighted by atomic mass is 16.5. The van der Waals surface area contributed by atoms with Crippen LogP contribution in [-0.4, -0.2) is 43.6 Å². The molecule has 0 radical (unpaired) electrons. The zero-order valence-electron chi connectivity index (χ0n) is 13.4. The van der Waals surface area contributed by atoms with Gasteiger partial charge < -0.3 is 14.4 Å². The van der Waals surface area contributed by atoms with Gasteiger partial charge >= 0.3 is 5.97 Å². The van der Waals surface area contributed by atoms with Crippen molar-refractivity contribution >= 4 is 11.9 Å². The average molecular weight is 305 g/mol. The molecule has 0 heterocycles. The monoisotopic (exact) mass is 305 g/mol. The topological polar surface area (TPSA) is 55.8 Å². The summed E-state index contributed by atoms with van der Waals surface area (Å²) in [6.45, 7) is 2.22. The lowest BCUT2D eigenvalue weighted by atomic mass is 10.1. The van der Waals surface area contributed by atoms with Crippen LogP contribution in [0, 0.1) is 5.92 Å². The molecule has 1 saturated carbocycles. The molecule has 1 aliphatic carbocycles. The van der Waals surface area contributed by atoms with E-state index in [0.717, 1.165) is 24.2 Å². The predicted octanol–water partition coefficient (Wildman–Crippen LogP) is 2.04. The lowest BCUT2D eigenvalue weighted by Gasteiger charge is -2.25. The van der Waals surface area contributed by atoms with Gasteiger partial charge in [-0.05, 0) is 30.5 Å². The lowest BCUT2D eigenvalue weighted by molar-refractivity contribution is -0.146. The molecule has 22 heavy (non-hydrogen) atoms. The van der Waals surface area contributed by atoms with Crippen LogP contribution in [0.3, 0.4) is 0 Å². The highest BCUT2D eigenvalue weighted by Gasteiger charge is 2.34. The van der Waals surface area contributed by atoms with Crippen molar-refractivity contribution in [1.29, 1.82) is 0 Å². The third-order valence-electron chi connectivity index (χ3n) is 3.90. The fourth-order valence-electron chi connectivity index (χ4n) is 2.43. The summed E-state index contributed by atoms with van der Waals surface area (Å²) in [6, 6.07) is 7.76. The molecule has 0 bridgehead atoms. The first-order valence-electron chi connectivity index (χ1n) is 7.55. The smallest absolute Gasteiger partial charge is 0.310 e. The molecule has 1 atom stereocenters. The minimum Gasteiger partial charge on any atom is -0.497 e. The number of methoxy groups -OCH3 is 2. The highest BCUT2D eigenvalue weighted by molar-refractivity contribution is 5.80. The summed E-state index contributed by atoms with van der Waals surface area (Å²) >= 11 is 0. The second-order valence-corrected chi connectivity index (χ2v) is 5.73. The molecule has 1 aliphatic rings. The van der Waals surface area contributed by atoms with Gasteiger partial charge in [0.2, 0.25) is 5.91 Å². The van der Waals surface area contributed by atoms with Gasteiger partial charge in [-0.1, -0.05) is 19.1 Å². The van der Waals surface area contributed by atoms with E-state index in [1.807, 2.05) is 29.2 Å². The van der Waals surface area contributed by atoms with Crippen molar-refractivity contribution in [3.05, 3.63) is 29.8 Å². The molecule has 1 aromatic carbocycles. The van der Waals surface area contributed by atoms with Gasteiger partial charge in [-0.3, -0.25) is 9.59 Å². The van der Waals surface area contributed by atoms with Crippen molar-refractivity contribution in [2.45, 2.75) is 32.2 Å². The van der Waals surface area contributed by atoms with Gasteiger partial charge in [-0.15, -0.1) is 0 Å². The second kappa shape index (κ2) is 7.29. The quantitative estimate of drug-likeness (QED) is 0.723. The summed E-state index contributed by atoms with van der Waals surface area (Å²) in [5, 5.41) is 0. The van der Waals surface area contributed by atoms with Gasteiger partial charge in [0.25, 0.3) is 0 Å². The first-order chi connectivity index (χ1) is 10.5. The van der Waals surface area contributed by atoms with Crippen molar-refractivity contribution in [2.75, 3.05) is 20.8 Å². The van der Waals surface area contributed by atoms with Gasteiger partial charge in [-0.2, -0.15) is 0 Å². The van der Waals surface area contributed by atoms with E-state index in [0.29, 0.717) is 13.0 Å². The number of carbonyl (C=O) groups excluding carboxylic acids is 2. The zero-order chi connectivity index (χ0) is 16.1. The average Bonchev–Trinajstić information content (AvgIpc) is 3.36. The molecule has 0 aliphatic heterocycles. The SMILES string of the molecule is COC(=O)C(C)CN(C(=O)Cc1ccc(OC)cc1)C1CC1. The summed E-state index contributed by atoms with van der Waals surface area (Å²) in [7, 11) is 2.99. The Balaban J connectivity index is 1.98. The Kier molecular flexibility index (Phi) is 5.41. The van der Waals surface area contributed by atoms with E-state index in [-0.39, 0.29) is 23.8 Å². The number of esters is 1. The third-order valence-corrected chi connectivity index (χ3v) is 3.90. The fourth-order valence-corrected chi connectivity index (χ4v) is 2.43. The molecule has 1 fully saturated rings. The molecule has 0 spiro atoms. The van der Waals surface area contributed by atoms with Crippen LogP contribution in [0.2, 0.25) is 0 Å². The molecule has 0 N–H and O–H groups in total. The number of carbonyl (C=O) groups is 2. The first-order valence-corrected chi connectivity index (χ1v) is 7.55. The minimum absolute atomic E-state index is 0.0587. The Bertz CT molecular complexity index is 522. The molecule has 1 unspecified atom stereocenters. The maximum absolute atomic E-state index is 12.5. The Hall–Kier alpha value is -2.04. The summed E-state index contributed by atoms with van der Waals surface area (Å²) in [4.78, 5) is 25.9. The molecule has 5 heteroatoms. The van der Waals surface area contributed by atoms with Crippen molar-refractivity contribution in [2.24, 2.45) is 5.92 Å². The van der Waals surface area contributed by atoms with Crippen LogP contribution >= 0.6 is 0 Å². The Labute approximate surface area is 131 Å². The van der Waals surface area contributed by atoms with Gasteiger partial charge in [0, 0.05) is 12.6 Å². The van der Waals surface area contributed by atoms with E-state index in [9.17, 15) is 9.59 Å². The van der Waals surface area contributed by atoms with Gasteiger partial charge in [0.1, 0.15) is 5.75 Å². The predicted molar refractivity (Wildman–Crippen MR) is 82.6 cm³/mol. The van der Waals surface area contributed by atoms with Gasteiger partial charge in [-0.25, -0.2) is 0 Å². The van der Waals surface area contributed by atoms with E-state index in [1.165, 1.54) is 7.11 Å². The van der Waals surface area contributed by atoms with Crippen molar-refractivity contribution in [1.82, 2.24) is 4.90 Å². The number of hydrogen-bond acceptors (Lipinski definition) is 4. The van der Waals surface area contributed by atoms with E-state index in [1.54, 1.807) is 14.0 Å². The van der Waals surface area contributed by atoms with Crippen LogP contribution in [0.4, 0.5) is 0 Å². The third kappa shape index (κ3) is 4.23. The fraction of sp³-hybridized carbons (Fsp3) is 0.529. The Morgan fingerprint density at radius 1 is 1.23 bits per heavy atom. The van der Waals surface area contributed by atoms with Crippen LogP contribution in [0.1, 0.15) is 25.3 Å². The number of benzene rings is 1.